The number of hydrogen-bond acceptors (Lipinski definition) is 5. The van der Waals surface area contributed by atoms with E-state index in [0.29, 0.717) is 5.95 Å². The Hall–Kier alpha value is -5.66. The van der Waals surface area contributed by atoms with Gasteiger partial charge in [-0.25, -0.2) is 9.97 Å². The van der Waals surface area contributed by atoms with Crippen molar-refractivity contribution in [3.63, 3.8) is 0 Å². The predicted octanol–water partition coefficient (Wildman–Crippen LogP) is 13.5. The number of rotatable bonds is 2. The van der Waals surface area contributed by atoms with E-state index in [1.54, 1.807) is 11.3 Å². The van der Waals surface area contributed by atoms with Crippen molar-refractivity contribution in [3.05, 3.63) is 140 Å². The molecule has 3 nitrogen and oxygen atoms in total. The van der Waals surface area contributed by atoms with Crippen LogP contribution in [0.1, 0.15) is 0 Å². The number of aromatic nitrogens is 3. The van der Waals surface area contributed by atoms with Gasteiger partial charge in [-0.3, -0.25) is 4.57 Å². The van der Waals surface area contributed by atoms with Gasteiger partial charge in [0, 0.05) is 62.1 Å². The lowest BCUT2D eigenvalue weighted by Gasteiger charge is -2.12. The average molecular weight is 690 g/mol. The second-order valence-corrected chi connectivity index (χ2v) is 16.0. The number of thiophene rings is 3. The number of nitrogens with zero attached hydrogens (tertiary/aromatic N) is 3. The van der Waals surface area contributed by atoms with E-state index in [1.807, 2.05) is 22.7 Å². The molecule has 0 radical (unpaired) electrons. The third kappa shape index (κ3) is 3.52. The van der Waals surface area contributed by atoms with Crippen LogP contribution >= 0.6 is 34.0 Å². The maximum Gasteiger partial charge on any atom is 0.235 e. The highest BCUT2D eigenvalue weighted by Crippen LogP contribution is 2.49. The Morgan fingerprint density at radius 1 is 0.400 bits per heavy atom. The zero-order valence-electron chi connectivity index (χ0n) is 26.3. The standard InChI is InChI=1S/C44H23N3S3/c1-2-14-26-25(13-1)36-28-15-3-7-20-32(28)47(40(36)42-37(26)29-16-5-9-22-34(29)49-42)44-45-38-30-17-6-10-23-35(30)50-43(38)39(46-44)31-19-11-18-27-24-12-4-8-21-33(24)48-41(27)31/h1-23H. The summed E-state index contributed by atoms with van der Waals surface area (Å²) in [6, 6.07) is 50.6. The van der Waals surface area contributed by atoms with Crippen molar-refractivity contribution in [1.82, 2.24) is 14.5 Å². The molecule has 0 aliphatic carbocycles. The van der Waals surface area contributed by atoms with Crippen molar-refractivity contribution in [3.8, 4) is 17.2 Å². The Morgan fingerprint density at radius 3 is 1.76 bits per heavy atom. The van der Waals surface area contributed by atoms with Gasteiger partial charge in [-0.1, -0.05) is 115 Å². The van der Waals surface area contributed by atoms with Gasteiger partial charge in [0.2, 0.25) is 5.95 Å². The molecular weight excluding hydrogens is 667 g/mol. The summed E-state index contributed by atoms with van der Waals surface area (Å²) < 4.78 is 9.81. The van der Waals surface area contributed by atoms with Gasteiger partial charge in [-0.2, -0.15) is 0 Å². The number of fused-ring (bicyclic) bond motifs is 16. The van der Waals surface area contributed by atoms with Gasteiger partial charge in [0.1, 0.15) is 0 Å². The lowest BCUT2D eigenvalue weighted by molar-refractivity contribution is 1.02. The molecule has 50 heavy (non-hydrogen) atoms. The lowest BCUT2D eigenvalue weighted by atomic mass is 9.99. The largest absolute Gasteiger partial charge is 0.276 e. The third-order valence-corrected chi connectivity index (χ3v) is 13.8. The maximum atomic E-state index is 5.64. The quantitative estimate of drug-likeness (QED) is 0.181. The van der Waals surface area contributed by atoms with Crippen molar-refractivity contribution in [2.75, 3.05) is 0 Å². The van der Waals surface area contributed by atoms with Gasteiger partial charge in [0.05, 0.1) is 31.6 Å². The van der Waals surface area contributed by atoms with Gasteiger partial charge in [-0.05, 0) is 35.0 Å². The van der Waals surface area contributed by atoms with E-state index in [4.69, 9.17) is 9.97 Å². The molecule has 0 amide bonds. The first-order valence-electron chi connectivity index (χ1n) is 16.7. The summed E-state index contributed by atoms with van der Waals surface area (Å²) in [5.41, 5.74) is 5.43. The molecule has 0 aliphatic rings. The van der Waals surface area contributed by atoms with Gasteiger partial charge in [-0.15, -0.1) is 34.0 Å². The Labute approximate surface area is 296 Å². The molecule has 7 aromatic carbocycles. The zero-order chi connectivity index (χ0) is 32.5. The molecule has 0 unspecified atom stereocenters. The molecule has 5 heterocycles. The van der Waals surface area contributed by atoms with Crippen molar-refractivity contribution in [2.45, 2.75) is 0 Å². The van der Waals surface area contributed by atoms with Crippen molar-refractivity contribution < 1.29 is 0 Å². The molecular formula is C44H23N3S3. The minimum Gasteiger partial charge on any atom is -0.276 e. The number of para-hydroxylation sites is 1. The van der Waals surface area contributed by atoms with E-state index in [9.17, 15) is 0 Å². The van der Waals surface area contributed by atoms with Crippen LogP contribution in [-0.2, 0) is 0 Å². The van der Waals surface area contributed by atoms with Crippen molar-refractivity contribution >= 4 is 127 Å². The monoisotopic (exact) mass is 689 g/mol. The molecule has 0 aliphatic heterocycles. The van der Waals surface area contributed by atoms with Crippen molar-refractivity contribution in [2.24, 2.45) is 0 Å². The highest BCUT2D eigenvalue weighted by atomic mass is 32.1. The molecule has 12 rings (SSSR count). The fourth-order valence-corrected chi connectivity index (χ4v) is 11.8. The Morgan fingerprint density at radius 2 is 0.960 bits per heavy atom. The fraction of sp³-hybridized carbons (Fsp3) is 0. The molecule has 0 fully saturated rings. The third-order valence-electron chi connectivity index (χ3n) is 10.2. The molecule has 0 saturated heterocycles. The van der Waals surface area contributed by atoms with E-state index < -0.39 is 0 Å². The smallest absolute Gasteiger partial charge is 0.235 e. The summed E-state index contributed by atoms with van der Waals surface area (Å²) in [5, 5.41) is 11.3. The minimum absolute atomic E-state index is 0.703. The highest BCUT2D eigenvalue weighted by Gasteiger charge is 2.25. The van der Waals surface area contributed by atoms with Crippen LogP contribution in [0.2, 0.25) is 0 Å². The lowest BCUT2D eigenvalue weighted by Crippen LogP contribution is -2.03. The Kier molecular flexibility index (Phi) is 5.42. The molecule has 5 aromatic heterocycles. The van der Waals surface area contributed by atoms with Crippen LogP contribution in [0.5, 0.6) is 0 Å². The topological polar surface area (TPSA) is 30.7 Å². The highest BCUT2D eigenvalue weighted by molar-refractivity contribution is 7.27. The second-order valence-electron chi connectivity index (χ2n) is 12.9. The predicted molar refractivity (Wildman–Crippen MR) is 218 cm³/mol. The molecule has 12 aromatic rings. The van der Waals surface area contributed by atoms with E-state index in [0.717, 1.165) is 27.0 Å². The molecule has 0 N–H and O–H groups in total. The van der Waals surface area contributed by atoms with Crippen LogP contribution in [0.4, 0.5) is 0 Å². The minimum atomic E-state index is 0.703. The summed E-state index contributed by atoms with van der Waals surface area (Å²) in [4.78, 5) is 11.2. The average Bonchev–Trinajstić information content (AvgIpc) is 3.93. The zero-order valence-corrected chi connectivity index (χ0v) is 28.8. The number of benzene rings is 7. The first-order valence-corrected chi connectivity index (χ1v) is 19.1. The first-order chi connectivity index (χ1) is 24.8. The van der Waals surface area contributed by atoms with Gasteiger partial charge in [0.25, 0.3) is 0 Å². The SMILES string of the molecule is c1ccc2c(c1)sc1c(-c3nc(-n4c5ccccc5c5c6ccccc6c6c7ccccc7sc6c54)nc4c3sc3ccccc34)cccc12. The van der Waals surface area contributed by atoms with Crippen LogP contribution in [0, 0.1) is 0 Å². The molecule has 6 heteroatoms. The number of hydrogen-bond donors (Lipinski definition) is 0. The summed E-state index contributed by atoms with van der Waals surface area (Å²) in [7, 11) is 0. The fourth-order valence-electron chi connectivity index (χ4n) is 8.13. The maximum absolute atomic E-state index is 5.64. The second kappa shape index (κ2) is 9.96. The summed E-state index contributed by atoms with van der Waals surface area (Å²) in [6.07, 6.45) is 0. The molecule has 0 atom stereocenters. The van der Waals surface area contributed by atoms with Gasteiger partial charge >= 0.3 is 0 Å². The normalized spacial score (nSPS) is 12.4. The summed E-state index contributed by atoms with van der Waals surface area (Å²) >= 11 is 5.51. The molecule has 0 spiro atoms. The van der Waals surface area contributed by atoms with Gasteiger partial charge in [0.15, 0.2) is 0 Å². The summed E-state index contributed by atoms with van der Waals surface area (Å²) in [6.45, 7) is 0. The van der Waals surface area contributed by atoms with E-state index in [1.165, 1.54) is 77.5 Å². The Bertz CT molecular complexity index is 3400. The van der Waals surface area contributed by atoms with Crippen LogP contribution in [0.3, 0.4) is 0 Å². The van der Waals surface area contributed by atoms with E-state index in [-0.39, 0.29) is 0 Å². The summed E-state index contributed by atoms with van der Waals surface area (Å²) in [5.74, 6) is 0.703. The van der Waals surface area contributed by atoms with E-state index in [2.05, 4.69) is 144 Å². The molecule has 0 bridgehead atoms. The van der Waals surface area contributed by atoms with Crippen LogP contribution in [0.15, 0.2) is 140 Å². The first kappa shape index (κ1) is 27.2. The van der Waals surface area contributed by atoms with Crippen LogP contribution in [-0.4, -0.2) is 14.5 Å². The van der Waals surface area contributed by atoms with Gasteiger partial charge < -0.3 is 0 Å². The molecule has 0 saturated carbocycles. The van der Waals surface area contributed by atoms with Crippen molar-refractivity contribution in [1.29, 1.82) is 0 Å². The van der Waals surface area contributed by atoms with Crippen LogP contribution < -0.4 is 0 Å². The van der Waals surface area contributed by atoms with Crippen LogP contribution in [0.25, 0.3) is 110 Å². The molecule has 232 valence electrons. The van der Waals surface area contributed by atoms with E-state index >= 15 is 0 Å². The Balaban J connectivity index is 1.30.